The van der Waals surface area contributed by atoms with Gasteiger partial charge in [0.2, 0.25) is 0 Å². The molecule has 0 aliphatic carbocycles. The van der Waals surface area contributed by atoms with Crippen LogP contribution in [0, 0.1) is 5.92 Å². The van der Waals surface area contributed by atoms with Crippen LogP contribution in [0.1, 0.15) is 36.0 Å². The molecule has 1 atom stereocenters. The first-order valence-electron chi connectivity index (χ1n) is 10.2. The highest BCUT2D eigenvalue weighted by Gasteiger charge is 2.24. The number of amides is 1. The second-order valence-electron chi connectivity index (χ2n) is 7.88. The molecule has 0 radical (unpaired) electrons. The molecule has 2 aliphatic rings. The number of hydrogen-bond donors (Lipinski definition) is 0. The van der Waals surface area contributed by atoms with Gasteiger partial charge in [0.05, 0.1) is 11.7 Å². The predicted molar refractivity (Wildman–Crippen MR) is 107 cm³/mol. The van der Waals surface area contributed by atoms with Crippen molar-refractivity contribution < 1.29 is 9.53 Å². The van der Waals surface area contributed by atoms with Crippen molar-refractivity contribution in [3.63, 3.8) is 0 Å². The fraction of sp³-hybridized carbons (Fsp3) is 0.571. The van der Waals surface area contributed by atoms with Crippen molar-refractivity contribution in [3.8, 4) is 0 Å². The molecule has 4 rings (SSSR count). The Bertz CT molecular complexity index is 748. The maximum atomic E-state index is 12.8. The van der Waals surface area contributed by atoms with Gasteiger partial charge in [-0.2, -0.15) is 5.10 Å². The summed E-state index contributed by atoms with van der Waals surface area (Å²) in [6.45, 7) is 4.22. The maximum absolute atomic E-state index is 12.8. The lowest BCUT2D eigenvalue weighted by atomic mass is 9.96. The summed E-state index contributed by atoms with van der Waals surface area (Å²) in [6, 6.07) is 5.78. The van der Waals surface area contributed by atoms with Gasteiger partial charge in [-0.15, -0.1) is 0 Å². The molecule has 28 heavy (non-hydrogen) atoms. The number of pyridine rings is 1. The molecule has 2 saturated heterocycles. The second kappa shape index (κ2) is 8.73. The van der Waals surface area contributed by atoms with Crippen LogP contribution in [-0.2, 0) is 11.3 Å². The molecule has 0 spiro atoms. The molecule has 1 amide bonds. The van der Waals surface area contributed by atoms with Crippen LogP contribution < -0.4 is 4.90 Å². The Morgan fingerprint density at radius 3 is 2.79 bits per heavy atom. The smallest absolute Gasteiger partial charge is 0.255 e. The molecule has 0 aromatic carbocycles. The summed E-state index contributed by atoms with van der Waals surface area (Å²) < 4.78 is 7.68. The van der Waals surface area contributed by atoms with Gasteiger partial charge in [-0.3, -0.25) is 9.48 Å². The zero-order valence-electron chi connectivity index (χ0n) is 16.5. The van der Waals surface area contributed by atoms with Gasteiger partial charge in [-0.25, -0.2) is 4.98 Å². The number of ether oxygens (including phenoxy) is 1. The minimum atomic E-state index is 0.0818. The van der Waals surface area contributed by atoms with Gasteiger partial charge in [0.1, 0.15) is 5.82 Å². The molecular weight excluding hydrogens is 354 g/mol. The van der Waals surface area contributed by atoms with E-state index in [2.05, 4.69) is 15.0 Å². The molecule has 0 bridgehead atoms. The Labute approximate surface area is 166 Å². The summed E-state index contributed by atoms with van der Waals surface area (Å²) in [5.41, 5.74) is 0.666. The summed E-state index contributed by atoms with van der Waals surface area (Å²) in [6.07, 6.45) is 10.1. The van der Waals surface area contributed by atoms with Crippen molar-refractivity contribution in [2.75, 3.05) is 38.2 Å². The first-order valence-corrected chi connectivity index (χ1v) is 10.2. The van der Waals surface area contributed by atoms with Crippen molar-refractivity contribution in [2.45, 2.75) is 38.3 Å². The Kier molecular flexibility index (Phi) is 5.90. The lowest BCUT2D eigenvalue weighted by Crippen LogP contribution is -2.39. The monoisotopic (exact) mass is 383 g/mol. The third-order valence-electron chi connectivity index (χ3n) is 5.79. The van der Waals surface area contributed by atoms with Gasteiger partial charge in [-0.05, 0) is 49.8 Å². The second-order valence-corrected chi connectivity index (χ2v) is 7.88. The van der Waals surface area contributed by atoms with Gasteiger partial charge in [-0.1, -0.05) is 0 Å². The molecular formula is C21H29N5O2. The number of carbonyl (C=O) groups excluding carboxylic acids is 1. The fourth-order valence-corrected chi connectivity index (χ4v) is 4.10. The molecule has 7 heteroatoms. The quantitative estimate of drug-likeness (QED) is 0.767. The van der Waals surface area contributed by atoms with E-state index in [-0.39, 0.29) is 12.0 Å². The van der Waals surface area contributed by atoms with Crippen molar-refractivity contribution in [1.29, 1.82) is 0 Å². The standard InChI is InChI=1S/C21H29N5O2/c1-24(16-19-4-2-13-28-19)20-6-5-18(14-22-20)21(27)25-11-7-17(8-12-25)15-26-10-3-9-23-26/h3,5-6,9-10,14,17,19H,2,4,7-8,11-13,15-16H2,1H3. The van der Waals surface area contributed by atoms with Crippen molar-refractivity contribution in [2.24, 2.45) is 5.92 Å². The van der Waals surface area contributed by atoms with E-state index >= 15 is 0 Å². The Balaban J connectivity index is 1.28. The number of carbonyl (C=O) groups is 1. The number of rotatable bonds is 6. The summed E-state index contributed by atoms with van der Waals surface area (Å²) in [5, 5.41) is 4.28. The molecule has 2 aromatic rings. The van der Waals surface area contributed by atoms with E-state index in [1.807, 2.05) is 47.2 Å². The average Bonchev–Trinajstić information content (AvgIpc) is 3.42. The number of nitrogens with zero attached hydrogens (tertiary/aromatic N) is 5. The molecule has 2 fully saturated rings. The Hall–Kier alpha value is -2.41. The highest BCUT2D eigenvalue weighted by atomic mass is 16.5. The highest BCUT2D eigenvalue weighted by Crippen LogP contribution is 2.21. The van der Waals surface area contributed by atoms with Gasteiger partial charge < -0.3 is 14.5 Å². The Morgan fingerprint density at radius 2 is 2.14 bits per heavy atom. The van der Waals surface area contributed by atoms with Crippen molar-refractivity contribution in [1.82, 2.24) is 19.7 Å². The van der Waals surface area contributed by atoms with E-state index in [0.29, 0.717) is 11.5 Å². The molecule has 1 unspecified atom stereocenters. The SMILES string of the molecule is CN(CC1CCCO1)c1ccc(C(=O)N2CCC(Cn3cccn3)CC2)cn1. The first-order chi connectivity index (χ1) is 13.7. The van der Waals surface area contributed by atoms with Crippen molar-refractivity contribution in [3.05, 3.63) is 42.4 Å². The highest BCUT2D eigenvalue weighted by molar-refractivity contribution is 5.94. The van der Waals surface area contributed by atoms with E-state index in [0.717, 1.165) is 64.3 Å². The fourth-order valence-electron chi connectivity index (χ4n) is 4.10. The molecule has 4 heterocycles. The van der Waals surface area contributed by atoms with E-state index in [4.69, 9.17) is 4.74 Å². The third kappa shape index (κ3) is 4.52. The number of likely N-dealkylation sites (N-methyl/N-ethyl adjacent to an activating group) is 1. The number of anilines is 1. The van der Waals surface area contributed by atoms with E-state index in [1.54, 1.807) is 6.20 Å². The van der Waals surface area contributed by atoms with Crippen LogP contribution >= 0.6 is 0 Å². The average molecular weight is 383 g/mol. The maximum Gasteiger partial charge on any atom is 0.255 e. The Morgan fingerprint density at radius 1 is 1.29 bits per heavy atom. The molecule has 150 valence electrons. The summed E-state index contributed by atoms with van der Waals surface area (Å²) >= 11 is 0. The summed E-state index contributed by atoms with van der Waals surface area (Å²) in [7, 11) is 2.02. The van der Waals surface area contributed by atoms with Gasteiger partial charge in [0.15, 0.2) is 0 Å². The van der Waals surface area contributed by atoms with Crippen LogP contribution in [0.3, 0.4) is 0 Å². The molecule has 0 N–H and O–H groups in total. The molecule has 2 aliphatic heterocycles. The largest absolute Gasteiger partial charge is 0.376 e. The van der Waals surface area contributed by atoms with Crippen LogP contribution in [0.25, 0.3) is 0 Å². The van der Waals surface area contributed by atoms with Crippen LogP contribution in [0.5, 0.6) is 0 Å². The zero-order valence-corrected chi connectivity index (χ0v) is 16.5. The third-order valence-corrected chi connectivity index (χ3v) is 5.79. The molecule has 7 nitrogen and oxygen atoms in total. The normalized spacial score (nSPS) is 20.5. The number of likely N-dealkylation sites (tertiary alicyclic amines) is 1. The lowest BCUT2D eigenvalue weighted by Gasteiger charge is -2.32. The molecule has 2 aromatic heterocycles. The van der Waals surface area contributed by atoms with Gasteiger partial charge >= 0.3 is 0 Å². The van der Waals surface area contributed by atoms with E-state index in [9.17, 15) is 4.79 Å². The van der Waals surface area contributed by atoms with E-state index in [1.165, 1.54) is 0 Å². The minimum Gasteiger partial charge on any atom is -0.376 e. The molecule has 0 saturated carbocycles. The van der Waals surface area contributed by atoms with Crippen LogP contribution in [0.2, 0.25) is 0 Å². The van der Waals surface area contributed by atoms with Gasteiger partial charge in [0, 0.05) is 58.4 Å². The minimum absolute atomic E-state index is 0.0818. The summed E-state index contributed by atoms with van der Waals surface area (Å²) in [4.78, 5) is 21.4. The number of aromatic nitrogens is 3. The van der Waals surface area contributed by atoms with Crippen molar-refractivity contribution >= 4 is 11.7 Å². The number of hydrogen-bond acceptors (Lipinski definition) is 5. The summed E-state index contributed by atoms with van der Waals surface area (Å²) in [5.74, 6) is 1.54. The van der Waals surface area contributed by atoms with Crippen LogP contribution in [0.15, 0.2) is 36.8 Å². The van der Waals surface area contributed by atoms with Crippen LogP contribution in [-0.4, -0.2) is 65.0 Å². The lowest BCUT2D eigenvalue weighted by molar-refractivity contribution is 0.0681. The number of piperidine rings is 1. The topological polar surface area (TPSA) is 63.5 Å². The first kappa shape index (κ1) is 18.9. The predicted octanol–water partition coefficient (Wildman–Crippen LogP) is 2.45. The van der Waals surface area contributed by atoms with E-state index < -0.39 is 0 Å². The van der Waals surface area contributed by atoms with Gasteiger partial charge in [0.25, 0.3) is 5.91 Å². The zero-order chi connectivity index (χ0) is 19.3. The van der Waals surface area contributed by atoms with Crippen LogP contribution in [0.4, 0.5) is 5.82 Å².